The number of fused-ring (bicyclic) bond motifs is 1. The summed E-state index contributed by atoms with van der Waals surface area (Å²) in [5.74, 6) is 2.49. The van der Waals surface area contributed by atoms with E-state index in [1.54, 1.807) is 11.8 Å². The highest BCUT2D eigenvalue weighted by atomic mass is 32.2. The van der Waals surface area contributed by atoms with Crippen molar-refractivity contribution < 1.29 is 0 Å². The summed E-state index contributed by atoms with van der Waals surface area (Å²) >= 11 is 1.77. The van der Waals surface area contributed by atoms with Crippen molar-refractivity contribution in [1.29, 1.82) is 0 Å². The molecule has 2 aliphatic rings. The average molecular weight is 237 g/mol. The maximum Gasteiger partial charge on any atom is 0.256 e. The van der Waals surface area contributed by atoms with E-state index in [9.17, 15) is 4.79 Å². The lowest BCUT2D eigenvalue weighted by molar-refractivity contribution is 0.567. The second kappa shape index (κ2) is 4.13. The molecule has 1 aromatic rings. The van der Waals surface area contributed by atoms with Crippen molar-refractivity contribution in [2.24, 2.45) is 0 Å². The minimum absolute atomic E-state index is 0.0653. The van der Waals surface area contributed by atoms with Crippen LogP contribution in [0.4, 0.5) is 5.95 Å². The molecule has 1 saturated heterocycles. The highest BCUT2D eigenvalue weighted by Crippen LogP contribution is 2.26. The van der Waals surface area contributed by atoms with Gasteiger partial charge in [-0.15, -0.1) is 0 Å². The minimum atomic E-state index is 0.0653. The Bertz CT molecular complexity index is 451. The van der Waals surface area contributed by atoms with Gasteiger partial charge >= 0.3 is 0 Å². The molecule has 1 fully saturated rings. The summed E-state index contributed by atoms with van der Waals surface area (Å²) in [6.07, 6.45) is 3.70. The first-order valence-corrected chi connectivity index (χ1v) is 6.95. The standard InChI is InChI=1S/C11H15N3OS/c15-10-8-6-16-7-9(8)12-11(13-10)14-4-2-1-3-5-14/h1-7H2,(H,12,13,15). The number of anilines is 1. The molecule has 4 nitrogen and oxygen atoms in total. The zero-order valence-electron chi connectivity index (χ0n) is 9.16. The van der Waals surface area contributed by atoms with Gasteiger partial charge in [0.05, 0.1) is 5.69 Å². The van der Waals surface area contributed by atoms with E-state index in [0.717, 1.165) is 41.8 Å². The summed E-state index contributed by atoms with van der Waals surface area (Å²) in [5, 5.41) is 0. The molecule has 0 atom stereocenters. The fourth-order valence-corrected chi connectivity index (χ4v) is 3.34. The smallest absolute Gasteiger partial charge is 0.256 e. The van der Waals surface area contributed by atoms with Crippen LogP contribution in [0.3, 0.4) is 0 Å². The second-order valence-electron chi connectivity index (χ2n) is 4.36. The Balaban J connectivity index is 1.96. The lowest BCUT2D eigenvalue weighted by atomic mass is 10.1. The third-order valence-electron chi connectivity index (χ3n) is 3.23. The first-order chi connectivity index (χ1) is 7.84. The molecule has 0 radical (unpaired) electrons. The van der Waals surface area contributed by atoms with E-state index in [1.807, 2.05) is 0 Å². The molecule has 86 valence electrons. The summed E-state index contributed by atoms with van der Waals surface area (Å²) in [7, 11) is 0. The Labute approximate surface area is 98.5 Å². The third kappa shape index (κ3) is 1.73. The van der Waals surface area contributed by atoms with E-state index in [2.05, 4.69) is 14.9 Å². The van der Waals surface area contributed by atoms with Gasteiger partial charge in [-0.25, -0.2) is 4.98 Å². The number of H-pyrrole nitrogens is 1. The van der Waals surface area contributed by atoms with Crippen LogP contribution in [-0.2, 0) is 11.5 Å². The molecule has 1 N–H and O–H groups in total. The number of rotatable bonds is 1. The highest BCUT2D eigenvalue weighted by Gasteiger charge is 2.20. The maximum absolute atomic E-state index is 11.8. The van der Waals surface area contributed by atoms with Crippen molar-refractivity contribution in [2.45, 2.75) is 30.8 Å². The summed E-state index contributed by atoms with van der Waals surface area (Å²) in [6, 6.07) is 0. The highest BCUT2D eigenvalue weighted by molar-refractivity contribution is 7.98. The molecule has 16 heavy (non-hydrogen) atoms. The van der Waals surface area contributed by atoms with Crippen LogP contribution in [0.5, 0.6) is 0 Å². The number of thioether (sulfide) groups is 1. The molecule has 0 bridgehead atoms. The number of aromatic amines is 1. The van der Waals surface area contributed by atoms with Gasteiger partial charge in [0.25, 0.3) is 5.56 Å². The van der Waals surface area contributed by atoms with E-state index in [0.29, 0.717) is 0 Å². The first kappa shape index (κ1) is 10.2. The molecule has 1 aromatic heterocycles. The average Bonchev–Trinajstić information content (AvgIpc) is 2.79. The molecule has 0 aliphatic carbocycles. The van der Waals surface area contributed by atoms with Gasteiger partial charge in [-0.2, -0.15) is 11.8 Å². The van der Waals surface area contributed by atoms with Crippen molar-refractivity contribution in [3.63, 3.8) is 0 Å². The van der Waals surface area contributed by atoms with E-state index >= 15 is 0 Å². The number of hydrogen-bond acceptors (Lipinski definition) is 4. The van der Waals surface area contributed by atoms with Crippen molar-refractivity contribution in [3.05, 3.63) is 21.6 Å². The predicted octanol–water partition coefficient (Wildman–Crippen LogP) is 1.51. The molecular weight excluding hydrogens is 222 g/mol. The summed E-state index contributed by atoms with van der Waals surface area (Å²) < 4.78 is 0. The van der Waals surface area contributed by atoms with Crippen LogP contribution >= 0.6 is 11.8 Å². The van der Waals surface area contributed by atoms with Gasteiger partial charge in [-0.3, -0.25) is 9.78 Å². The Morgan fingerprint density at radius 2 is 2.00 bits per heavy atom. The van der Waals surface area contributed by atoms with Crippen LogP contribution in [0, 0.1) is 0 Å². The van der Waals surface area contributed by atoms with E-state index in [-0.39, 0.29) is 5.56 Å². The van der Waals surface area contributed by atoms with E-state index < -0.39 is 0 Å². The van der Waals surface area contributed by atoms with Gasteiger partial charge in [-0.1, -0.05) is 0 Å². The second-order valence-corrected chi connectivity index (χ2v) is 5.34. The fraction of sp³-hybridized carbons (Fsp3) is 0.636. The van der Waals surface area contributed by atoms with Gasteiger partial charge in [0, 0.05) is 30.2 Å². The normalized spacial score (nSPS) is 19.9. The molecule has 0 amide bonds. The Morgan fingerprint density at radius 1 is 1.19 bits per heavy atom. The molecule has 0 spiro atoms. The van der Waals surface area contributed by atoms with E-state index in [1.165, 1.54) is 19.3 Å². The third-order valence-corrected chi connectivity index (χ3v) is 4.20. The van der Waals surface area contributed by atoms with Gasteiger partial charge in [0.2, 0.25) is 5.95 Å². The number of nitrogens with zero attached hydrogens (tertiary/aromatic N) is 2. The van der Waals surface area contributed by atoms with E-state index in [4.69, 9.17) is 0 Å². The lowest BCUT2D eigenvalue weighted by Crippen LogP contribution is -2.33. The zero-order chi connectivity index (χ0) is 11.0. The van der Waals surface area contributed by atoms with Gasteiger partial charge in [0.15, 0.2) is 0 Å². The topological polar surface area (TPSA) is 49.0 Å². The Hall–Kier alpha value is -0.970. The molecule has 5 heteroatoms. The molecule has 3 rings (SSSR count). The van der Waals surface area contributed by atoms with Crippen molar-refractivity contribution in [3.8, 4) is 0 Å². The monoisotopic (exact) mass is 237 g/mol. The van der Waals surface area contributed by atoms with Crippen LogP contribution in [-0.4, -0.2) is 23.1 Å². The van der Waals surface area contributed by atoms with Crippen LogP contribution < -0.4 is 10.5 Å². The van der Waals surface area contributed by atoms with Crippen LogP contribution in [0.25, 0.3) is 0 Å². The summed E-state index contributed by atoms with van der Waals surface area (Å²) in [4.78, 5) is 21.6. The van der Waals surface area contributed by atoms with Crippen LogP contribution in [0.2, 0.25) is 0 Å². The zero-order valence-corrected chi connectivity index (χ0v) is 9.98. The number of aromatic nitrogens is 2. The molecule has 3 heterocycles. The first-order valence-electron chi connectivity index (χ1n) is 5.79. The van der Waals surface area contributed by atoms with Crippen LogP contribution in [0.15, 0.2) is 4.79 Å². The minimum Gasteiger partial charge on any atom is -0.342 e. The van der Waals surface area contributed by atoms with Crippen molar-refractivity contribution in [2.75, 3.05) is 18.0 Å². The summed E-state index contributed by atoms with van der Waals surface area (Å²) in [6.45, 7) is 2.05. The summed E-state index contributed by atoms with van der Waals surface area (Å²) in [5.41, 5.74) is 1.94. The Morgan fingerprint density at radius 3 is 2.81 bits per heavy atom. The predicted molar refractivity (Wildman–Crippen MR) is 65.9 cm³/mol. The van der Waals surface area contributed by atoms with Crippen LogP contribution in [0.1, 0.15) is 30.5 Å². The molecule has 0 aromatic carbocycles. The molecular formula is C11H15N3OS. The fourth-order valence-electron chi connectivity index (χ4n) is 2.30. The SMILES string of the molecule is O=c1[nH]c(N2CCCCC2)nc2c1CSC2. The maximum atomic E-state index is 11.8. The number of hydrogen-bond donors (Lipinski definition) is 1. The Kier molecular flexibility index (Phi) is 2.63. The van der Waals surface area contributed by atoms with Gasteiger partial charge in [0.1, 0.15) is 0 Å². The number of nitrogens with one attached hydrogen (secondary N) is 1. The van der Waals surface area contributed by atoms with Crippen molar-refractivity contribution in [1.82, 2.24) is 9.97 Å². The molecule has 0 saturated carbocycles. The lowest BCUT2D eigenvalue weighted by Gasteiger charge is -2.27. The largest absolute Gasteiger partial charge is 0.342 e. The molecule has 2 aliphatic heterocycles. The number of piperidine rings is 1. The molecule has 0 unspecified atom stereocenters. The van der Waals surface area contributed by atoms with Gasteiger partial charge in [-0.05, 0) is 19.3 Å². The quantitative estimate of drug-likeness (QED) is 0.804. The van der Waals surface area contributed by atoms with Gasteiger partial charge < -0.3 is 4.90 Å². The van der Waals surface area contributed by atoms with Crippen molar-refractivity contribution >= 4 is 17.7 Å².